The Morgan fingerprint density at radius 1 is 1.00 bits per heavy atom. The number of rotatable bonds is 12. The molecular formula is C26H47N3O3SSn. The van der Waals surface area contributed by atoms with Gasteiger partial charge in [0.05, 0.1) is 0 Å². The zero-order chi connectivity index (χ0) is 24.9. The first kappa shape index (κ1) is 28.2. The molecule has 1 aromatic heterocycles. The van der Waals surface area contributed by atoms with Crippen molar-refractivity contribution in [1.82, 2.24) is 9.97 Å². The van der Waals surface area contributed by atoms with Crippen LogP contribution < -0.4 is 13.5 Å². The van der Waals surface area contributed by atoms with Gasteiger partial charge in [-0.3, -0.25) is 0 Å². The predicted molar refractivity (Wildman–Crippen MR) is 146 cm³/mol. The first-order valence-electron chi connectivity index (χ1n) is 13.5. The molecule has 2 aliphatic heterocycles. The van der Waals surface area contributed by atoms with Crippen molar-refractivity contribution in [2.24, 2.45) is 0 Å². The van der Waals surface area contributed by atoms with Crippen molar-refractivity contribution in [3.63, 3.8) is 0 Å². The Kier molecular flexibility index (Phi) is 10.1. The summed E-state index contributed by atoms with van der Waals surface area (Å²) in [4.78, 5) is 13.3. The number of fused-ring (bicyclic) bond motifs is 3. The van der Waals surface area contributed by atoms with Crippen LogP contribution >= 0.6 is 0 Å². The van der Waals surface area contributed by atoms with E-state index in [4.69, 9.17) is 19.4 Å². The first-order chi connectivity index (χ1) is 16.2. The van der Waals surface area contributed by atoms with Gasteiger partial charge in [0.15, 0.2) is 0 Å². The van der Waals surface area contributed by atoms with E-state index in [-0.39, 0.29) is 12.1 Å². The molecule has 2 aliphatic rings. The molecule has 1 unspecified atom stereocenters. The summed E-state index contributed by atoms with van der Waals surface area (Å²) in [5, 5.41) is 0. The zero-order valence-electron chi connectivity index (χ0n) is 22.6. The number of unbranched alkanes of at least 4 members (excludes halogenated alkanes) is 3. The summed E-state index contributed by atoms with van der Waals surface area (Å²) in [6.07, 6.45) is 9.21. The van der Waals surface area contributed by atoms with Gasteiger partial charge in [0.25, 0.3) is 0 Å². The Hall–Kier alpha value is -0.411. The summed E-state index contributed by atoms with van der Waals surface area (Å²) < 4.78 is 29.7. The zero-order valence-corrected chi connectivity index (χ0v) is 26.3. The first-order valence-corrected chi connectivity index (χ1v) is 22.5. The number of hydrogen-bond donors (Lipinski definition) is 0. The summed E-state index contributed by atoms with van der Waals surface area (Å²) in [5.41, 5.74) is 0.857. The number of nitrogens with zero attached hydrogens (tertiary/aromatic N) is 3. The van der Waals surface area contributed by atoms with Crippen LogP contribution in [0.15, 0.2) is 0 Å². The second-order valence-corrected chi connectivity index (χ2v) is 25.7. The average molecular weight is 600 g/mol. The Morgan fingerprint density at radius 3 is 2.12 bits per heavy atom. The molecule has 1 aromatic rings. The van der Waals surface area contributed by atoms with E-state index in [1.807, 2.05) is 0 Å². The van der Waals surface area contributed by atoms with Crippen LogP contribution in [0.25, 0.3) is 0 Å². The van der Waals surface area contributed by atoms with E-state index in [2.05, 4.69) is 46.4 Å². The van der Waals surface area contributed by atoms with Crippen LogP contribution in [0.4, 0.5) is 5.82 Å². The van der Waals surface area contributed by atoms with Crippen molar-refractivity contribution in [1.29, 1.82) is 0 Å². The molecule has 1 fully saturated rings. The van der Waals surface area contributed by atoms with Crippen molar-refractivity contribution < 1.29 is 13.7 Å². The van der Waals surface area contributed by atoms with Gasteiger partial charge in [-0.1, -0.05) is 0 Å². The van der Waals surface area contributed by atoms with Crippen LogP contribution in [0.1, 0.15) is 85.8 Å². The molecule has 8 heteroatoms. The van der Waals surface area contributed by atoms with Crippen molar-refractivity contribution in [3.05, 3.63) is 5.69 Å². The van der Waals surface area contributed by atoms with E-state index in [9.17, 15) is 4.21 Å². The average Bonchev–Trinajstić information content (AvgIpc) is 2.82. The summed E-state index contributed by atoms with van der Waals surface area (Å²) in [6.45, 7) is 15.1. The molecule has 0 spiro atoms. The molecule has 0 saturated carbocycles. The van der Waals surface area contributed by atoms with Crippen LogP contribution in [-0.4, -0.2) is 70.7 Å². The predicted octanol–water partition coefficient (Wildman–Crippen LogP) is 5.13. The minimum atomic E-state index is -2.92. The van der Waals surface area contributed by atoms with Gasteiger partial charge in [-0.05, 0) is 0 Å². The fourth-order valence-corrected chi connectivity index (χ4v) is 20.6. The molecule has 34 heavy (non-hydrogen) atoms. The van der Waals surface area contributed by atoms with Gasteiger partial charge >= 0.3 is 215 Å². The van der Waals surface area contributed by atoms with Gasteiger partial charge in [-0.15, -0.1) is 0 Å². The second kappa shape index (κ2) is 12.2. The summed E-state index contributed by atoms with van der Waals surface area (Å²) >= 11 is -2.92. The molecule has 0 bridgehead atoms. The van der Waals surface area contributed by atoms with Crippen LogP contribution in [0.3, 0.4) is 0 Å². The second-order valence-electron chi connectivity index (χ2n) is 10.9. The SMILES string of the molecule is CCC[CH2][Sn]([CH2]CCC)([CH2]CCC)[c]1nc2c(c(C(C)(C)S(C)=O)n1)OC[C@@H]1COC[C@@H](C)N21. The van der Waals surface area contributed by atoms with Crippen LogP contribution in [0.5, 0.6) is 5.75 Å². The van der Waals surface area contributed by atoms with Crippen LogP contribution in [0, 0.1) is 0 Å². The Balaban J connectivity index is 2.26. The molecule has 3 rings (SSSR count). The van der Waals surface area contributed by atoms with E-state index in [1.165, 1.54) is 51.8 Å². The summed E-state index contributed by atoms with van der Waals surface area (Å²) in [7, 11) is -1.08. The molecule has 3 atom stereocenters. The van der Waals surface area contributed by atoms with E-state index in [1.54, 1.807) is 6.26 Å². The van der Waals surface area contributed by atoms with Crippen molar-refractivity contribution >= 4 is 38.8 Å². The number of anilines is 1. The van der Waals surface area contributed by atoms with Gasteiger partial charge in [0.2, 0.25) is 0 Å². The van der Waals surface area contributed by atoms with Crippen LogP contribution in [0.2, 0.25) is 13.3 Å². The van der Waals surface area contributed by atoms with Gasteiger partial charge in [0.1, 0.15) is 0 Å². The summed E-state index contributed by atoms with van der Waals surface area (Å²) in [5.74, 6) is 1.70. The monoisotopic (exact) mass is 601 g/mol. The normalized spacial score (nSPS) is 21.6. The van der Waals surface area contributed by atoms with E-state index in [0.29, 0.717) is 19.8 Å². The van der Waals surface area contributed by atoms with Gasteiger partial charge in [-0.2, -0.15) is 0 Å². The van der Waals surface area contributed by atoms with Gasteiger partial charge in [-0.25, -0.2) is 0 Å². The maximum absolute atomic E-state index is 13.0. The quantitative estimate of drug-likeness (QED) is 0.310. The Morgan fingerprint density at radius 2 is 1.59 bits per heavy atom. The number of hydrogen-bond acceptors (Lipinski definition) is 6. The van der Waals surface area contributed by atoms with Crippen molar-refractivity contribution in [3.8, 4) is 5.75 Å². The van der Waals surface area contributed by atoms with Crippen molar-refractivity contribution in [2.75, 3.05) is 31.0 Å². The van der Waals surface area contributed by atoms with E-state index in [0.717, 1.165) is 21.1 Å². The van der Waals surface area contributed by atoms with E-state index < -0.39 is 33.9 Å². The van der Waals surface area contributed by atoms with Gasteiger partial charge < -0.3 is 0 Å². The molecule has 1 saturated heterocycles. The number of morpholine rings is 1. The maximum atomic E-state index is 13.0. The fraction of sp³-hybridized carbons (Fsp3) is 0.846. The topological polar surface area (TPSA) is 64.5 Å². The minimum absolute atomic E-state index is 0.175. The third-order valence-corrected chi connectivity index (χ3v) is 24.0. The molecule has 0 N–H and O–H groups in total. The molecule has 0 aromatic carbocycles. The third-order valence-electron chi connectivity index (χ3n) is 7.84. The Labute approximate surface area is 214 Å². The molecule has 6 nitrogen and oxygen atoms in total. The molecular weight excluding hydrogens is 553 g/mol. The molecule has 0 aliphatic carbocycles. The third kappa shape index (κ3) is 5.77. The van der Waals surface area contributed by atoms with Crippen LogP contribution in [-0.2, 0) is 20.3 Å². The van der Waals surface area contributed by atoms with Crippen molar-refractivity contribution in [2.45, 2.75) is 110 Å². The molecule has 3 heterocycles. The van der Waals surface area contributed by atoms with Gasteiger partial charge in [0, 0.05) is 0 Å². The fourth-order valence-electron chi connectivity index (χ4n) is 5.37. The molecule has 0 radical (unpaired) electrons. The molecule has 194 valence electrons. The summed E-state index contributed by atoms with van der Waals surface area (Å²) in [6, 6.07) is 0.410. The number of ether oxygens (including phenoxy) is 2. The Bertz CT molecular complexity index is 829. The number of aromatic nitrogens is 2. The van der Waals surface area contributed by atoms with E-state index >= 15 is 0 Å². The molecule has 0 amide bonds. The standard InChI is InChI=1S/C14H20N3O3S.3C4H9.Sn/c1-9-5-19-6-10-7-20-11-12(14(2,3)21(4)18)15-8-16-13(11)17(9)10;3*1-3-4-2;/h9-10H,5-7H2,1-4H3;3*1,3-4H2,2H3;/t9-,10+,21?;;;;/m1..../s1.